The molecule has 1 amide bonds. The summed E-state index contributed by atoms with van der Waals surface area (Å²) in [4.78, 5) is 26.3. The first-order valence-corrected chi connectivity index (χ1v) is 7.22. The molecule has 0 saturated carbocycles. The number of rotatable bonds is 7. The Bertz CT molecular complexity index is 613. The molecule has 0 aliphatic carbocycles. The normalized spacial score (nSPS) is 10.3. The average Bonchev–Trinajstić information content (AvgIpc) is 2.86. The van der Waals surface area contributed by atoms with E-state index < -0.39 is 5.97 Å². The Hall–Kier alpha value is -2.25. The number of carbonyl (C=O) groups is 2. The summed E-state index contributed by atoms with van der Waals surface area (Å²) in [5, 5.41) is 16.4. The average molecular weight is 305 g/mol. The maximum atomic E-state index is 11.7. The Balaban J connectivity index is 1.74. The molecule has 3 N–H and O–H groups in total. The van der Waals surface area contributed by atoms with Gasteiger partial charge < -0.3 is 15.7 Å². The Labute approximate surface area is 125 Å². The third-order valence-electron chi connectivity index (χ3n) is 2.59. The van der Waals surface area contributed by atoms with Crippen molar-refractivity contribution < 1.29 is 14.7 Å². The summed E-state index contributed by atoms with van der Waals surface area (Å²) >= 11 is 1.22. The van der Waals surface area contributed by atoms with E-state index >= 15 is 0 Å². The second-order valence-electron chi connectivity index (χ2n) is 4.35. The molecule has 110 valence electrons. The summed E-state index contributed by atoms with van der Waals surface area (Å²) in [6, 6.07) is 9.77. The smallest absolute Gasteiger partial charge is 0.309 e. The molecule has 21 heavy (non-hydrogen) atoms. The van der Waals surface area contributed by atoms with Crippen LogP contribution in [0.5, 0.6) is 0 Å². The summed E-state index contributed by atoms with van der Waals surface area (Å²) in [6.07, 6.45) is -0.140. The lowest BCUT2D eigenvalue weighted by molar-refractivity contribution is -0.136. The van der Waals surface area contributed by atoms with Gasteiger partial charge in [-0.3, -0.25) is 9.59 Å². The van der Waals surface area contributed by atoms with Crippen LogP contribution in [-0.4, -0.2) is 28.5 Å². The van der Waals surface area contributed by atoms with Crippen LogP contribution < -0.4 is 10.6 Å². The van der Waals surface area contributed by atoms with E-state index in [0.29, 0.717) is 17.4 Å². The topological polar surface area (TPSA) is 91.3 Å². The van der Waals surface area contributed by atoms with Crippen LogP contribution in [0.3, 0.4) is 0 Å². The van der Waals surface area contributed by atoms with Gasteiger partial charge in [0.25, 0.3) is 0 Å². The third kappa shape index (κ3) is 5.33. The second-order valence-corrected chi connectivity index (χ2v) is 5.21. The lowest BCUT2D eigenvalue weighted by Crippen LogP contribution is -2.27. The van der Waals surface area contributed by atoms with Gasteiger partial charge in [-0.05, 0) is 5.56 Å². The van der Waals surface area contributed by atoms with Crippen LogP contribution in [0.4, 0.5) is 5.13 Å². The number of nitrogens with zero attached hydrogens (tertiary/aromatic N) is 1. The van der Waals surface area contributed by atoms with Crippen LogP contribution in [0.2, 0.25) is 0 Å². The lowest BCUT2D eigenvalue weighted by atomic mass is 10.2. The molecule has 0 fully saturated rings. The lowest BCUT2D eigenvalue weighted by Gasteiger charge is -2.04. The number of aliphatic carboxylic acids is 1. The molecule has 0 bridgehead atoms. The molecule has 0 radical (unpaired) electrons. The highest BCUT2D eigenvalue weighted by Gasteiger charge is 2.08. The standard InChI is InChI=1S/C14H15N3O3S/c18-12(8-15-7-10-4-2-1-3-5-10)17-14-16-11(9-21-14)6-13(19)20/h1-5,9,15H,6-8H2,(H,19,20)(H,16,17,18). The van der Waals surface area contributed by atoms with Crippen molar-refractivity contribution in [1.82, 2.24) is 10.3 Å². The van der Waals surface area contributed by atoms with Crippen molar-refractivity contribution in [1.29, 1.82) is 0 Å². The summed E-state index contributed by atoms with van der Waals surface area (Å²) in [5.41, 5.74) is 1.54. The van der Waals surface area contributed by atoms with Gasteiger partial charge in [0, 0.05) is 11.9 Å². The van der Waals surface area contributed by atoms with Crippen LogP contribution in [-0.2, 0) is 22.6 Å². The summed E-state index contributed by atoms with van der Waals surface area (Å²) < 4.78 is 0. The fraction of sp³-hybridized carbons (Fsp3) is 0.214. The number of hydrogen-bond acceptors (Lipinski definition) is 5. The highest BCUT2D eigenvalue weighted by atomic mass is 32.1. The van der Waals surface area contributed by atoms with Crippen molar-refractivity contribution in [2.75, 3.05) is 11.9 Å². The predicted molar refractivity (Wildman–Crippen MR) is 80.2 cm³/mol. The fourth-order valence-electron chi connectivity index (χ4n) is 1.68. The van der Waals surface area contributed by atoms with E-state index in [9.17, 15) is 9.59 Å². The molecule has 7 heteroatoms. The number of anilines is 1. The van der Waals surface area contributed by atoms with Crippen LogP contribution in [0.15, 0.2) is 35.7 Å². The summed E-state index contributed by atoms with van der Waals surface area (Å²) in [6.45, 7) is 0.777. The van der Waals surface area contributed by atoms with Crippen LogP contribution in [0.1, 0.15) is 11.3 Å². The van der Waals surface area contributed by atoms with E-state index in [1.165, 1.54) is 11.3 Å². The molecule has 0 aliphatic heterocycles. The molecule has 1 aromatic heterocycles. The van der Waals surface area contributed by atoms with E-state index in [-0.39, 0.29) is 18.9 Å². The monoisotopic (exact) mass is 305 g/mol. The van der Waals surface area contributed by atoms with Gasteiger partial charge >= 0.3 is 5.97 Å². The van der Waals surface area contributed by atoms with Crippen molar-refractivity contribution in [2.24, 2.45) is 0 Å². The van der Waals surface area contributed by atoms with Gasteiger partial charge in [0.1, 0.15) is 0 Å². The van der Waals surface area contributed by atoms with Crippen LogP contribution in [0, 0.1) is 0 Å². The van der Waals surface area contributed by atoms with Crippen molar-refractivity contribution in [3.63, 3.8) is 0 Å². The number of hydrogen-bond donors (Lipinski definition) is 3. The Kier molecular flexibility index (Phi) is 5.42. The number of aromatic nitrogens is 1. The molecule has 1 aromatic carbocycles. The van der Waals surface area contributed by atoms with E-state index in [0.717, 1.165) is 5.56 Å². The zero-order valence-electron chi connectivity index (χ0n) is 11.2. The molecule has 2 aromatic rings. The molecule has 0 atom stereocenters. The Morgan fingerprint density at radius 2 is 2.00 bits per heavy atom. The zero-order chi connectivity index (χ0) is 15.1. The molecule has 0 aliphatic rings. The van der Waals surface area contributed by atoms with Gasteiger partial charge in [0.2, 0.25) is 5.91 Å². The van der Waals surface area contributed by atoms with E-state index in [2.05, 4.69) is 15.6 Å². The van der Waals surface area contributed by atoms with Gasteiger partial charge in [-0.25, -0.2) is 4.98 Å². The van der Waals surface area contributed by atoms with Crippen LogP contribution >= 0.6 is 11.3 Å². The molecule has 0 unspecified atom stereocenters. The maximum Gasteiger partial charge on any atom is 0.309 e. The van der Waals surface area contributed by atoms with Gasteiger partial charge in [-0.15, -0.1) is 11.3 Å². The van der Waals surface area contributed by atoms with Gasteiger partial charge in [0.05, 0.1) is 18.7 Å². The summed E-state index contributed by atoms with van der Waals surface area (Å²) in [7, 11) is 0. The van der Waals surface area contributed by atoms with E-state index in [4.69, 9.17) is 5.11 Å². The summed E-state index contributed by atoms with van der Waals surface area (Å²) in [5.74, 6) is -1.15. The highest BCUT2D eigenvalue weighted by molar-refractivity contribution is 7.13. The first-order chi connectivity index (χ1) is 10.1. The number of nitrogens with one attached hydrogen (secondary N) is 2. The number of benzene rings is 1. The van der Waals surface area contributed by atoms with Gasteiger partial charge in [-0.1, -0.05) is 30.3 Å². The van der Waals surface area contributed by atoms with Gasteiger partial charge in [0.15, 0.2) is 5.13 Å². The first kappa shape index (κ1) is 15.1. The van der Waals surface area contributed by atoms with Crippen molar-refractivity contribution in [3.8, 4) is 0 Å². The number of carbonyl (C=O) groups excluding carboxylic acids is 1. The fourth-order valence-corrected chi connectivity index (χ4v) is 2.41. The third-order valence-corrected chi connectivity index (χ3v) is 3.39. The minimum atomic E-state index is -0.942. The van der Waals surface area contributed by atoms with Crippen LogP contribution in [0.25, 0.3) is 0 Å². The van der Waals surface area contributed by atoms with Crippen molar-refractivity contribution >= 4 is 28.3 Å². The van der Waals surface area contributed by atoms with E-state index in [1.54, 1.807) is 5.38 Å². The Morgan fingerprint density at radius 1 is 1.24 bits per heavy atom. The molecule has 2 rings (SSSR count). The maximum absolute atomic E-state index is 11.7. The molecular weight excluding hydrogens is 290 g/mol. The highest BCUT2D eigenvalue weighted by Crippen LogP contribution is 2.15. The van der Waals surface area contributed by atoms with Gasteiger partial charge in [-0.2, -0.15) is 0 Å². The first-order valence-electron chi connectivity index (χ1n) is 6.34. The molecule has 0 spiro atoms. The number of thiazole rings is 1. The quantitative estimate of drug-likeness (QED) is 0.721. The molecule has 0 saturated heterocycles. The number of carboxylic acid groups (broad SMARTS) is 1. The molecular formula is C14H15N3O3S. The Morgan fingerprint density at radius 3 is 2.71 bits per heavy atom. The second kappa shape index (κ2) is 7.51. The van der Waals surface area contributed by atoms with Crippen molar-refractivity contribution in [3.05, 3.63) is 47.0 Å². The zero-order valence-corrected chi connectivity index (χ0v) is 12.0. The number of amides is 1. The molecule has 1 heterocycles. The largest absolute Gasteiger partial charge is 0.481 e. The van der Waals surface area contributed by atoms with Crippen molar-refractivity contribution in [2.45, 2.75) is 13.0 Å². The number of carboxylic acids is 1. The predicted octanol–water partition coefficient (Wildman–Crippen LogP) is 1.50. The molecule has 6 nitrogen and oxygen atoms in total. The SMILES string of the molecule is O=C(O)Cc1csc(NC(=O)CNCc2ccccc2)n1. The van der Waals surface area contributed by atoms with E-state index in [1.807, 2.05) is 30.3 Å². The minimum Gasteiger partial charge on any atom is -0.481 e. The minimum absolute atomic E-state index is 0.140.